The Morgan fingerprint density at radius 2 is 2.24 bits per heavy atom. The second kappa shape index (κ2) is 6.61. The molecule has 1 amide bonds. The Bertz CT molecular complexity index is 441. The first-order valence-electron chi connectivity index (χ1n) is 5.27. The normalized spacial score (nSPS) is 9.71. The Morgan fingerprint density at radius 3 is 2.82 bits per heavy atom. The molecular weight excluding hydrogens is 223 g/mol. The van der Waals surface area contributed by atoms with Crippen molar-refractivity contribution >= 4 is 11.6 Å². The fraction of sp³-hybridized carbons (Fsp3) is 0.333. The summed E-state index contributed by atoms with van der Waals surface area (Å²) in [5.74, 6) is -0.929. The molecule has 0 heterocycles. The van der Waals surface area contributed by atoms with Gasteiger partial charge in [0.25, 0.3) is 0 Å². The Balaban J connectivity index is 2.57. The van der Waals surface area contributed by atoms with Gasteiger partial charge in [-0.15, -0.1) is 0 Å². The molecule has 0 radical (unpaired) electrons. The van der Waals surface area contributed by atoms with Crippen molar-refractivity contribution in [3.8, 4) is 6.07 Å². The van der Waals surface area contributed by atoms with Crippen LogP contribution < -0.4 is 5.32 Å². The van der Waals surface area contributed by atoms with Gasteiger partial charge in [-0.05, 0) is 31.0 Å². The molecule has 0 atom stereocenters. The maximum absolute atomic E-state index is 13.4. The molecule has 0 saturated carbocycles. The number of unbranched alkanes of at least 4 members (excludes halogenated alkanes) is 1. The van der Waals surface area contributed by atoms with E-state index in [0.717, 1.165) is 6.07 Å². The van der Waals surface area contributed by atoms with E-state index in [0.29, 0.717) is 12.8 Å². The maximum Gasteiger partial charge on any atom is 0.224 e. The van der Waals surface area contributed by atoms with Crippen molar-refractivity contribution < 1.29 is 14.3 Å². The second-order valence-electron chi connectivity index (χ2n) is 3.54. The maximum atomic E-state index is 13.4. The topological polar surface area (TPSA) is 73.1 Å². The highest BCUT2D eigenvalue weighted by atomic mass is 19.1. The number of nitrogens with one attached hydrogen (secondary N) is 1. The number of rotatable bonds is 5. The van der Waals surface area contributed by atoms with Gasteiger partial charge in [-0.25, -0.2) is 4.39 Å². The molecule has 1 aromatic carbocycles. The van der Waals surface area contributed by atoms with Gasteiger partial charge in [-0.3, -0.25) is 4.79 Å². The summed E-state index contributed by atoms with van der Waals surface area (Å²) in [5.41, 5.74) is 0.277. The predicted octanol–water partition coefficient (Wildman–Crippen LogP) is 1.80. The van der Waals surface area contributed by atoms with E-state index in [-0.39, 0.29) is 30.2 Å². The van der Waals surface area contributed by atoms with E-state index in [1.807, 2.05) is 6.07 Å². The summed E-state index contributed by atoms with van der Waals surface area (Å²) in [5, 5.41) is 19.5. The van der Waals surface area contributed by atoms with Crippen molar-refractivity contribution in [1.29, 1.82) is 5.26 Å². The number of hydrogen-bond donors (Lipinski definition) is 2. The first kappa shape index (κ1) is 13.1. The van der Waals surface area contributed by atoms with Crippen LogP contribution in [0.2, 0.25) is 0 Å². The minimum absolute atomic E-state index is 0.0402. The van der Waals surface area contributed by atoms with Crippen LogP contribution in [0.5, 0.6) is 0 Å². The molecule has 1 rings (SSSR count). The lowest BCUT2D eigenvalue weighted by Crippen LogP contribution is -2.12. The van der Waals surface area contributed by atoms with E-state index < -0.39 is 5.82 Å². The van der Waals surface area contributed by atoms with Crippen LogP contribution in [0, 0.1) is 17.1 Å². The van der Waals surface area contributed by atoms with Crippen molar-refractivity contribution in [1.82, 2.24) is 0 Å². The molecule has 90 valence electrons. The van der Waals surface area contributed by atoms with E-state index in [9.17, 15) is 9.18 Å². The van der Waals surface area contributed by atoms with Crippen LogP contribution in [0.15, 0.2) is 18.2 Å². The third kappa shape index (κ3) is 4.21. The summed E-state index contributed by atoms with van der Waals surface area (Å²) >= 11 is 0. The first-order chi connectivity index (χ1) is 8.17. The molecule has 0 saturated heterocycles. The van der Waals surface area contributed by atoms with E-state index in [1.54, 1.807) is 0 Å². The molecule has 0 spiro atoms. The van der Waals surface area contributed by atoms with Gasteiger partial charge in [0.05, 0.1) is 17.3 Å². The van der Waals surface area contributed by atoms with E-state index in [1.165, 1.54) is 12.1 Å². The summed E-state index contributed by atoms with van der Waals surface area (Å²) in [6.45, 7) is 0.0402. The summed E-state index contributed by atoms with van der Waals surface area (Å²) in [4.78, 5) is 11.4. The monoisotopic (exact) mass is 236 g/mol. The standard InChI is InChI=1S/C12H13FN2O2/c13-10-7-9(8-14)4-5-11(10)15-12(17)3-1-2-6-16/h4-5,7,16H,1-3,6H2,(H,15,17). The number of carbonyl (C=O) groups is 1. The van der Waals surface area contributed by atoms with Crippen molar-refractivity contribution in [2.75, 3.05) is 11.9 Å². The zero-order valence-corrected chi connectivity index (χ0v) is 9.24. The van der Waals surface area contributed by atoms with Crippen LogP contribution in [-0.2, 0) is 4.79 Å². The van der Waals surface area contributed by atoms with E-state index in [4.69, 9.17) is 10.4 Å². The van der Waals surface area contributed by atoms with E-state index in [2.05, 4.69) is 5.32 Å². The Morgan fingerprint density at radius 1 is 1.47 bits per heavy atom. The molecule has 1 aromatic rings. The number of aliphatic hydroxyl groups excluding tert-OH is 1. The first-order valence-corrected chi connectivity index (χ1v) is 5.27. The average Bonchev–Trinajstić information content (AvgIpc) is 2.32. The molecule has 4 nitrogen and oxygen atoms in total. The molecule has 0 unspecified atom stereocenters. The molecule has 0 aliphatic carbocycles. The number of halogens is 1. The Kier molecular flexibility index (Phi) is 5.11. The molecule has 5 heteroatoms. The van der Waals surface area contributed by atoms with Gasteiger partial charge >= 0.3 is 0 Å². The molecule has 0 aliphatic rings. The minimum atomic E-state index is -0.625. The molecule has 0 fully saturated rings. The van der Waals surface area contributed by atoms with Gasteiger partial charge in [0, 0.05) is 13.0 Å². The fourth-order valence-electron chi connectivity index (χ4n) is 1.30. The van der Waals surface area contributed by atoms with Gasteiger partial charge in [0.2, 0.25) is 5.91 Å². The third-order valence-corrected chi connectivity index (χ3v) is 2.18. The summed E-state index contributed by atoms with van der Waals surface area (Å²) in [6.07, 6.45) is 1.34. The van der Waals surface area contributed by atoms with Crippen LogP contribution >= 0.6 is 0 Å². The highest BCUT2D eigenvalue weighted by molar-refractivity contribution is 5.90. The minimum Gasteiger partial charge on any atom is -0.396 e. The number of nitriles is 1. The van der Waals surface area contributed by atoms with Gasteiger partial charge in [-0.2, -0.15) is 5.26 Å². The molecule has 2 N–H and O–H groups in total. The van der Waals surface area contributed by atoms with E-state index >= 15 is 0 Å². The van der Waals surface area contributed by atoms with Crippen LogP contribution in [0.25, 0.3) is 0 Å². The van der Waals surface area contributed by atoms with Gasteiger partial charge in [0.1, 0.15) is 5.82 Å². The number of anilines is 1. The number of amides is 1. The summed E-state index contributed by atoms with van der Waals surface area (Å²) < 4.78 is 13.4. The lowest BCUT2D eigenvalue weighted by atomic mass is 10.2. The lowest BCUT2D eigenvalue weighted by Gasteiger charge is -2.06. The summed E-state index contributed by atoms with van der Waals surface area (Å²) in [7, 11) is 0. The molecule has 0 aliphatic heterocycles. The van der Waals surface area contributed by atoms with Gasteiger partial charge < -0.3 is 10.4 Å². The molecule has 0 bridgehead atoms. The number of nitrogens with zero attached hydrogens (tertiary/aromatic N) is 1. The van der Waals surface area contributed by atoms with Gasteiger partial charge in [0.15, 0.2) is 0 Å². The smallest absolute Gasteiger partial charge is 0.224 e. The number of carbonyl (C=O) groups excluding carboxylic acids is 1. The van der Waals surface area contributed by atoms with Crippen molar-refractivity contribution in [3.05, 3.63) is 29.6 Å². The Hall–Kier alpha value is -1.93. The zero-order valence-electron chi connectivity index (χ0n) is 9.24. The Labute approximate surface area is 98.7 Å². The fourth-order valence-corrected chi connectivity index (χ4v) is 1.30. The third-order valence-electron chi connectivity index (χ3n) is 2.18. The van der Waals surface area contributed by atoms with Crippen LogP contribution in [0.1, 0.15) is 24.8 Å². The lowest BCUT2D eigenvalue weighted by molar-refractivity contribution is -0.116. The largest absolute Gasteiger partial charge is 0.396 e. The molecule has 0 aromatic heterocycles. The average molecular weight is 236 g/mol. The van der Waals surface area contributed by atoms with Crippen LogP contribution in [0.3, 0.4) is 0 Å². The highest BCUT2D eigenvalue weighted by Gasteiger charge is 2.07. The van der Waals surface area contributed by atoms with Crippen molar-refractivity contribution in [3.63, 3.8) is 0 Å². The van der Waals surface area contributed by atoms with Crippen molar-refractivity contribution in [2.24, 2.45) is 0 Å². The van der Waals surface area contributed by atoms with Crippen LogP contribution in [-0.4, -0.2) is 17.6 Å². The highest BCUT2D eigenvalue weighted by Crippen LogP contribution is 2.15. The predicted molar refractivity (Wildman–Crippen MR) is 60.7 cm³/mol. The van der Waals surface area contributed by atoms with Gasteiger partial charge in [-0.1, -0.05) is 0 Å². The number of aliphatic hydroxyl groups is 1. The van der Waals surface area contributed by atoms with Crippen LogP contribution in [0.4, 0.5) is 10.1 Å². The number of benzene rings is 1. The number of hydrogen-bond acceptors (Lipinski definition) is 3. The van der Waals surface area contributed by atoms with Crippen molar-refractivity contribution in [2.45, 2.75) is 19.3 Å². The zero-order chi connectivity index (χ0) is 12.7. The second-order valence-corrected chi connectivity index (χ2v) is 3.54. The summed E-state index contributed by atoms with van der Waals surface area (Å²) in [6, 6.07) is 5.68. The SMILES string of the molecule is N#Cc1ccc(NC(=O)CCCCO)c(F)c1. The molecular formula is C12H13FN2O2. The quantitative estimate of drug-likeness (QED) is 0.765. The molecule has 17 heavy (non-hydrogen) atoms.